The van der Waals surface area contributed by atoms with Crippen molar-refractivity contribution >= 4 is 11.9 Å². The van der Waals surface area contributed by atoms with E-state index in [9.17, 15) is 22.8 Å². The van der Waals surface area contributed by atoms with E-state index in [1.54, 1.807) is 50.2 Å². The van der Waals surface area contributed by atoms with Gasteiger partial charge in [-0.05, 0) is 92.8 Å². The van der Waals surface area contributed by atoms with Crippen molar-refractivity contribution in [2.75, 3.05) is 19.8 Å². The van der Waals surface area contributed by atoms with Crippen LogP contribution in [0.25, 0.3) is 11.1 Å². The predicted octanol–water partition coefficient (Wildman–Crippen LogP) is 7.27. The molecule has 0 aromatic heterocycles. The third-order valence-corrected chi connectivity index (χ3v) is 5.42. The maximum atomic E-state index is 12.5. The maximum Gasteiger partial charge on any atom is 0.411 e. The Morgan fingerprint density at radius 1 is 0.692 bits per heavy atom. The Hall–Kier alpha value is -3.85. The zero-order chi connectivity index (χ0) is 28.3. The van der Waals surface area contributed by atoms with Gasteiger partial charge < -0.3 is 18.9 Å². The molecule has 0 N–H and O–H groups in total. The number of ether oxygens (including phenoxy) is 4. The van der Waals surface area contributed by atoms with Crippen molar-refractivity contribution in [3.8, 4) is 22.6 Å². The van der Waals surface area contributed by atoms with Crippen molar-refractivity contribution in [3.63, 3.8) is 0 Å². The zero-order valence-corrected chi connectivity index (χ0v) is 21.8. The third kappa shape index (κ3) is 10.4. The van der Waals surface area contributed by atoms with Crippen molar-refractivity contribution < 1.29 is 41.7 Å². The summed E-state index contributed by atoms with van der Waals surface area (Å²) in [7, 11) is 0. The van der Waals surface area contributed by atoms with Crippen molar-refractivity contribution in [1.29, 1.82) is 0 Å². The summed E-state index contributed by atoms with van der Waals surface area (Å²) in [5.41, 5.74) is 2.60. The molecule has 0 fully saturated rings. The van der Waals surface area contributed by atoms with Gasteiger partial charge in [-0.25, -0.2) is 9.59 Å². The van der Waals surface area contributed by atoms with E-state index in [1.807, 2.05) is 36.4 Å². The van der Waals surface area contributed by atoms with Crippen LogP contribution in [0.1, 0.15) is 53.8 Å². The molecule has 0 atom stereocenters. The molecule has 0 heterocycles. The monoisotopic (exact) mass is 544 g/mol. The first kappa shape index (κ1) is 29.7. The lowest BCUT2D eigenvalue weighted by Crippen LogP contribution is -2.17. The van der Waals surface area contributed by atoms with Crippen LogP contribution in [-0.2, 0) is 9.47 Å². The van der Waals surface area contributed by atoms with E-state index in [0.29, 0.717) is 48.5 Å². The van der Waals surface area contributed by atoms with E-state index >= 15 is 0 Å². The Labute approximate surface area is 225 Å². The Bertz CT molecular complexity index is 1190. The van der Waals surface area contributed by atoms with Crippen LogP contribution < -0.4 is 9.47 Å². The van der Waals surface area contributed by atoms with E-state index in [0.717, 1.165) is 11.1 Å². The van der Waals surface area contributed by atoms with Crippen LogP contribution in [0.3, 0.4) is 0 Å². The number of halogens is 3. The molecule has 3 aromatic carbocycles. The summed E-state index contributed by atoms with van der Waals surface area (Å²) in [6, 6.07) is 20.6. The van der Waals surface area contributed by atoms with Gasteiger partial charge in [-0.15, -0.1) is 0 Å². The minimum Gasteiger partial charge on any atom is -0.494 e. The van der Waals surface area contributed by atoms with Gasteiger partial charge in [-0.1, -0.05) is 24.3 Å². The molecule has 0 saturated carbocycles. The SMILES string of the molecule is CC(C)OC(=O)c1ccc(OC(=O)c2ccc(-c3ccc(OCCCCCOCC(F)(F)F)cc3)cc2)cc1. The van der Waals surface area contributed by atoms with Crippen LogP contribution in [0.5, 0.6) is 11.5 Å². The average molecular weight is 545 g/mol. The van der Waals surface area contributed by atoms with Gasteiger partial charge >= 0.3 is 18.1 Å². The van der Waals surface area contributed by atoms with Crippen molar-refractivity contribution in [3.05, 3.63) is 83.9 Å². The van der Waals surface area contributed by atoms with E-state index < -0.39 is 24.7 Å². The van der Waals surface area contributed by atoms with E-state index in [4.69, 9.17) is 14.2 Å². The molecule has 0 bridgehead atoms. The highest BCUT2D eigenvalue weighted by Crippen LogP contribution is 2.24. The quantitative estimate of drug-likeness (QED) is 0.128. The van der Waals surface area contributed by atoms with Gasteiger partial charge in [0, 0.05) is 6.61 Å². The minimum absolute atomic E-state index is 0.0778. The fourth-order valence-corrected chi connectivity index (χ4v) is 3.51. The average Bonchev–Trinajstić information content (AvgIpc) is 2.90. The highest BCUT2D eigenvalue weighted by Gasteiger charge is 2.27. The summed E-state index contributed by atoms with van der Waals surface area (Å²) in [4.78, 5) is 24.5. The fourth-order valence-electron chi connectivity index (χ4n) is 3.51. The highest BCUT2D eigenvalue weighted by atomic mass is 19.4. The van der Waals surface area contributed by atoms with E-state index in [1.165, 1.54) is 0 Å². The Balaban J connectivity index is 1.43. The number of benzene rings is 3. The molecule has 208 valence electrons. The van der Waals surface area contributed by atoms with Crippen LogP contribution >= 0.6 is 0 Å². The number of unbranched alkanes of at least 4 members (excludes halogenated alkanes) is 2. The smallest absolute Gasteiger partial charge is 0.411 e. The number of carbonyl (C=O) groups excluding carboxylic acids is 2. The highest BCUT2D eigenvalue weighted by molar-refractivity contribution is 5.92. The van der Waals surface area contributed by atoms with Gasteiger partial charge in [0.25, 0.3) is 0 Å². The van der Waals surface area contributed by atoms with E-state index in [2.05, 4.69) is 4.74 Å². The first-order valence-electron chi connectivity index (χ1n) is 12.6. The molecule has 0 unspecified atom stereocenters. The van der Waals surface area contributed by atoms with E-state index in [-0.39, 0.29) is 12.7 Å². The normalized spacial score (nSPS) is 11.3. The van der Waals surface area contributed by atoms with Crippen LogP contribution in [-0.4, -0.2) is 44.0 Å². The number of hydrogen-bond acceptors (Lipinski definition) is 6. The molecule has 0 aliphatic heterocycles. The number of carbonyl (C=O) groups is 2. The predicted molar refractivity (Wildman–Crippen MR) is 140 cm³/mol. The van der Waals surface area contributed by atoms with Gasteiger partial charge in [0.2, 0.25) is 0 Å². The summed E-state index contributed by atoms with van der Waals surface area (Å²) in [5, 5.41) is 0. The standard InChI is InChI=1S/C30H31F3O6/c1-21(2)38-28(34)25-12-16-27(17-13-25)39-29(35)24-8-6-22(7-9-24)23-10-14-26(15-11-23)37-19-5-3-4-18-36-20-30(31,32)33/h6-17,21H,3-5,18-20H2,1-2H3. The van der Waals surface area contributed by atoms with Crippen LogP contribution in [0.15, 0.2) is 72.8 Å². The van der Waals surface area contributed by atoms with Gasteiger partial charge in [0.1, 0.15) is 18.1 Å². The summed E-state index contributed by atoms with van der Waals surface area (Å²) in [6.45, 7) is 2.86. The van der Waals surface area contributed by atoms with Gasteiger partial charge in [-0.3, -0.25) is 0 Å². The molecule has 0 amide bonds. The lowest BCUT2D eigenvalue weighted by Gasteiger charge is -2.09. The number of rotatable bonds is 13. The fraction of sp³-hybridized carbons (Fsp3) is 0.333. The molecular weight excluding hydrogens is 513 g/mol. The maximum absolute atomic E-state index is 12.5. The van der Waals surface area contributed by atoms with Gasteiger partial charge in [-0.2, -0.15) is 13.2 Å². The van der Waals surface area contributed by atoms with Crippen molar-refractivity contribution in [2.45, 2.75) is 45.4 Å². The lowest BCUT2D eigenvalue weighted by atomic mass is 10.0. The van der Waals surface area contributed by atoms with Crippen molar-refractivity contribution in [1.82, 2.24) is 0 Å². The molecule has 0 aliphatic carbocycles. The molecule has 0 spiro atoms. The summed E-state index contributed by atoms with van der Waals surface area (Å²) < 4.78 is 56.9. The number of esters is 2. The van der Waals surface area contributed by atoms with Crippen LogP contribution in [0.4, 0.5) is 13.2 Å². The molecule has 6 nitrogen and oxygen atoms in total. The molecule has 0 radical (unpaired) electrons. The summed E-state index contributed by atoms with van der Waals surface area (Å²) in [5.74, 6) is 0.0472. The van der Waals surface area contributed by atoms with Gasteiger partial charge in [0.05, 0.1) is 23.8 Å². The zero-order valence-electron chi connectivity index (χ0n) is 21.8. The van der Waals surface area contributed by atoms with Crippen LogP contribution in [0.2, 0.25) is 0 Å². The summed E-state index contributed by atoms with van der Waals surface area (Å²) in [6.07, 6.45) is -2.54. The molecule has 0 saturated heterocycles. The number of hydrogen-bond donors (Lipinski definition) is 0. The Morgan fingerprint density at radius 2 is 1.21 bits per heavy atom. The topological polar surface area (TPSA) is 71.1 Å². The minimum atomic E-state index is -4.29. The second-order valence-electron chi connectivity index (χ2n) is 9.05. The summed E-state index contributed by atoms with van der Waals surface area (Å²) >= 11 is 0. The molecule has 3 rings (SSSR count). The van der Waals surface area contributed by atoms with Crippen LogP contribution in [0, 0.1) is 0 Å². The van der Waals surface area contributed by atoms with Gasteiger partial charge in [0.15, 0.2) is 0 Å². The third-order valence-electron chi connectivity index (χ3n) is 5.42. The number of alkyl halides is 3. The Kier molecular flexibility index (Phi) is 10.9. The first-order valence-corrected chi connectivity index (χ1v) is 12.6. The molecule has 0 aliphatic rings. The molecule has 9 heteroatoms. The molecule has 39 heavy (non-hydrogen) atoms. The molecule has 3 aromatic rings. The lowest BCUT2D eigenvalue weighted by molar-refractivity contribution is -0.174. The first-order chi connectivity index (χ1) is 18.6. The largest absolute Gasteiger partial charge is 0.494 e. The molecular formula is C30H31F3O6. The second-order valence-corrected chi connectivity index (χ2v) is 9.05. The second kappa shape index (κ2) is 14.3. The van der Waals surface area contributed by atoms with Crippen molar-refractivity contribution in [2.24, 2.45) is 0 Å². The Morgan fingerprint density at radius 3 is 1.79 bits per heavy atom.